The fourth-order valence-electron chi connectivity index (χ4n) is 1.41. The lowest BCUT2D eigenvalue weighted by Gasteiger charge is -2.13. The van der Waals surface area contributed by atoms with E-state index in [1.54, 1.807) is 18.2 Å². The van der Waals surface area contributed by atoms with Crippen LogP contribution in [0.5, 0.6) is 5.75 Å². The molecule has 96 valence electrons. The lowest BCUT2D eigenvalue weighted by molar-refractivity contribution is -0.134. The second-order valence-corrected chi connectivity index (χ2v) is 3.57. The Labute approximate surface area is 97.8 Å². The molecule has 0 aliphatic heterocycles. The van der Waals surface area contributed by atoms with E-state index in [0.717, 1.165) is 0 Å². The first-order valence-electron chi connectivity index (χ1n) is 5.17. The second kappa shape index (κ2) is 5.65. The molecule has 1 aromatic carbocycles. The van der Waals surface area contributed by atoms with Gasteiger partial charge in [0, 0.05) is 13.0 Å². The minimum absolute atomic E-state index is 0.000981. The van der Waals surface area contributed by atoms with Gasteiger partial charge in [0.2, 0.25) is 0 Å². The van der Waals surface area contributed by atoms with Crippen molar-refractivity contribution >= 4 is 11.4 Å². The normalized spacial score (nSPS) is 11.3. The second-order valence-electron chi connectivity index (χ2n) is 3.57. The fourth-order valence-corrected chi connectivity index (χ4v) is 1.41. The number of nitrogens with one attached hydrogen (secondary N) is 1. The molecule has 0 aromatic heterocycles. The van der Waals surface area contributed by atoms with Crippen molar-refractivity contribution in [3.63, 3.8) is 0 Å². The van der Waals surface area contributed by atoms with Crippen LogP contribution in [0.3, 0.4) is 0 Å². The molecule has 0 heterocycles. The van der Waals surface area contributed by atoms with Crippen molar-refractivity contribution in [1.82, 2.24) is 0 Å². The number of hydrogen-bond acceptors (Lipinski definition) is 3. The van der Waals surface area contributed by atoms with Crippen molar-refractivity contribution in [1.29, 1.82) is 0 Å². The summed E-state index contributed by atoms with van der Waals surface area (Å²) in [6.45, 7) is 0.198. The number of alkyl halides is 3. The molecule has 0 spiro atoms. The number of methoxy groups -OCH3 is 1. The number of nitrogens with two attached hydrogens (primary N) is 1. The summed E-state index contributed by atoms with van der Waals surface area (Å²) in [5.41, 5.74) is 6.69. The zero-order valence-corrected chi connectivity index (χ0v) is 9.47. The van der Waals surface area contributed by atoms with Gasteiger partial charge in [-0.3, -0.25) is 0 Å². The van der Waals surface area contributed by atoms with E-state index in [1.807, 2.05) is 0 Å². The average Bonchev–Trinajstić information content (AvgIpc) is 2.24. The number of anilines is 2. The number of halogens is 3. The van der Waals surface area contributed by atoms with Crippen LogP contribution in [0, 0.1) is 0 Å². The third kappa shape index (κ3) is 4.42. The van der Waals surface area contributed by atoms with Crippen LogP contribution in [0.2, 0.25) is 0 Å². The first kappa shape index (κ1) is 13.5. The highest BCUT2D eigenvalue weighted by molar-refractivity contribution is 5.73. The molecular formula is C11H15F3N2O. The molecule has 0 radical (unpaired) electrons. The van der Waals surface area contributed by atoms with Crippen LogP contribution in [0.1, 0.15) is 12.8 Å². The largest absolute Gasteiger partial charge is 0.495 e. The minimum Gasteiger partial charge on any atom is -0.495 e. The smallest absolute Gasteiger partial charge is 0.389 e. The Hall–Kier alpha value is -1.59. The van der Waals surface area contributed by atoms with Gasteiger partial charge in [-0.1, -0.05) is 6.07 Å². The lowest BCUT2D eigenvalue weighted by Crippen LogP contribution is -2.12. The molecule has 1 rings (SSSR count). The van der Waals surface area contributed by atoms with E-state index >= 15 is 0 Å². The van der Waals surface area contributed by atoms with Crippen LogP contribution in [-0.2, 0) is 0 Å². The predicted octanol–water partition coefficient (Wildman–Crippen LogP) is 3.03. The van der Waals surface area contributed by atoms with Gasteiger partial charge in [0.25, 0.3) is 0 Å². The Balaban J connectivity index is 2.52. The summed E-state index contributed by atoms with van der Waals surface area (Å²) >= 11 is 0. The summed E-state index contributed by atoms with van der Waals surface area (Å²) in [5.74, 6) is 0.525. The van der Waals surface area contributed by atoms with Gasteiger partial charge in [0.05, 0.1) is 12.8 Å². The molecule has 3 nitrogen and oxygen atoms in total. The van der Waals surface area contributed by atoms with E-state index in [0.29, 0.717) is 17.1 Å². The van der Waals surface area contributed by atoms with Gasteiger partial charge in [-0.25, -0.2) is 0 Å². The fraction of sp³-hybridized carbons (Fsp3) is 0.455. The van der Waals surface area contributed by atoms with E-state index in [-0.39, 0.29) is 13.0 Å². The molecule has 6 heteroatoms. The summed E-state index contributed by atoms with van der Waals surface area (Å²) in [6, 6.07) is 5.08. The van der Waals surface area contributed by atoms with E-state index in [9.17, 15) is 13.2 Å². The first-order chi connectivity index (χ1) is 7.94. The van der Waals surface area contributed by atoms with Crippen molar-refractivity contribution in [3.05, 3.63) is 18.2 Å². The van der Waals surface area contributed by atoms with Gasteiger partial charge < -0.3 is 15.8 Å². The van der Waals surface area contributed by atoms with Crippen LogP contribution in [0.4, 0.5) is 24.5 Å². The summed E-state index contributed by atoms with van der Waals surface area (Å²) in [5, 5.41) is 2.86. The Morgan fingerprint density at radius 3 is 2.65 bits per heavy atom. The van der Waals surface area contributed by atoms with Gasteiger partial charge in [-0.15, -0.1) is 0 Å². The molecule has 3 N–H and O–H groups in total. The van der Waals surface area contributed by atoms with Crippen molar-refractivity contribution < 1.29 is 17.9 Å². The highest BCUT2D eigenvalue weighted by Gasteiger charge is 2.25. The maximum atomic E-state index is 11.9. The highest BCUT2D eigenvalue weighted by atomic mass is 19.4. The van der Waals surface area contributed by atoms with Crippen LogP contribution in [-0.4, -0.2) is 19.8 Å². The molecule has 1 aromatic rings. The third-order valence-electron chi connectivity index (χ3n) is 2.22. The van der Waals surface area contributed by atoms with Crippen molar-refractivity contribution in [2.24, 2.45) is 0 Å². The van der Waals surface area contributed by atoms with Gasteiger partial charge >= 0.3 is 6.18 Å². The number of hydrogen-bond donors (Lipinski definition) is 2. The summed E-state index contributed by atoms with van der Waals surface area (Å²) in [7, 11) is 1.48. The molecule has 0 atom stereocenters. The maximum absolute atomic E-state index is 11.9. The number of rotatable bonds is 5. The average molecular weight is 248 g/mol. The lowest BCUT2D eigenvalue weighted by atomic mass is 10.2. The van der Waals surface area contributed by atoms with Crippen molar-refractivity contribution in [3.8, 4) is 5.75 Å². The number of para-hydroxylation sites is 1. The quantitative estimate of drug-likeness (QED) is 0.622. The topological polar surface area (TPSA) is 47.3 Å². The number of nitrogen functional groups attached to an aromatic ring is 1. The summed E-state index contributed by atoms with van der Waals surface area (Å²) < 4.78 is 40.8. The molecule has 0 aliphatic carbocycles. The van der Waals surface area contributed by atoms with Crippen molar-refractivity contribution in [2.75, 3.05) is 24.7 Å². The Bertz CT molecular complexity index is 366. The molecule has 0 bridgehead atoms. The summed E-state index contributed by atoms with van der Waals surface area (Å²) in [6.07, 6.45) is -4.93. The van der Waals surface area contributed by atoms with E-state index in [4.69, 9.17) is 10.5 Å². The van der Waals surface area contributed by atoms with E-state index < -0.39 is 12.6 Å². The van der Waals surface area contributed by atoms with Gasteiger partial charge in [-0.2, -0.15) is 13.2 Å². The molecule has 0 saturated heterocycles. The summed E-state index contributed by atoms with van der Waals surface area (Å²) in [4.78, 5) is 0. The van der Waals surface area contributed by atoms with Gasteiger partial charge in [0.15, 0.2) is 0 Å². The Kier molecular flexibility index (Phi) is 4.48. The Morgan fingerprint density at radius 2 is 2.06 bits per heavy atom. The molecule has 0 aliphatic rings. The number of benzene rings is 1. The highest BCUT2D eigenvalue weighted by Crippen LogP contribution is 2.30. The van der Waals surface area contributed by atoms with Crippen LogP contribution in [0.25, 0.3) is 0 Å². The minimum atomic E-state index is -4.12. The van der Waals surface area contributed by atoms with Crippen LogP contribution < -0.4 is 15.8 Å². The SMILES string of the molecule is COc1cccc(N)c1NCCCC(F)(F)F. The zero-order chi connectivity index (χ0) is 12.9. The molecular weight excluding hydrogens is 233 g/mol. The number of ether oxygens (including phenoxy) is 1. The van der Waals surface area contributed by atoms with Gasteiger partial charge in [-0.05, 0) is 18.6 Å². The molecule has 17 heavy (non-hydrogen) atoms. The van der Waals surface area contributed by atoms with Gasteiger partial charge in [0.1, 0.15) is 11.4 Å². The zero-order valence-electron chi connectivity index (χ0n) is 9.47. The van der Waals surface area contributed by atoms with Crippen LogP contribution >= 0.6 is 0 Å². The van der Waals surface area contributed by atoms with Crippen molar-refractivity contribution in [2.45, 2.75) is 19.0 Å². The molecule has 0 saturated carbocycles. The monoisotopic (exact) mass is 248 g/mol. The first-order valence-corrected chi connectivity index (χ1v) is 5.17. The van der Waals surface area contributed by atoms with Crippen LogP contribution in [0.15, 0.2) is 18.2 Å². The Morgan fingerprint density at radius 1 is 1.35 bits per heavy atom. The van der Waals surface area contributed by atoms with E-state index in [1.165, 1.54) is 7.11 Å². The standard InChI is InChI=1S/C11H15F3N2O/c1-17-9-5-2-4-8(15)10(9)16-7-3-6-11(12,13)14/h2,4-5,16H,3,6-7,15H2,1H3. The third-order valence-corrected chi connectivity index (χ3v) is 2.22. The molecule has 0 amide bonds. The molecule has 0 fully saturated rings. The predicted molar refractivity (Wildman–Crippen MR) is 61.2 cm³/mol. The molecule has 0 unspecified atom stereocenters. The van der Waals surface area contributed by atoms with E-state index in [2.05, 4.69) is 5.32 Å². The maximum Gasteiger partial charge on any atom is 0.389 e.